The van der Waals surface area contributed by atoms with Crippen molar-refractivity contribution >= 4 is 0 Å². The van der Waals surface area contributed by atoms with E-state index in [1.54, 1.807) is 6.07 Å². The maximum Gasteiger partial charge on any atom is 0.126 e. The first kappa shape index (κ1) is 14.3. The molecule has 0 saturated carbocycles. The molecule has 0 aliphatic heterocycles. The molecule has 0 heterocycles. The van der Waals surface area contributed by atoms with Crippen LogP contribution in [-0.4, -0.2) is 7.05 Å². The molecule has 0 radical (unpaired) electrons. The molecule has 0 bridgehead atoms. The lowest BCUT2D eigenvalue weighted by Gasteiger charge is -2.22. The third-order valence-electron chi connectivity index (χ3n) is 4.51. The second kappa shape index (κ2) is 5.98. The van der Waals surface area contributed by atoms with Gasteiger partial charge in [0.1, 0.15) is 5.82 Å². The summed E-state index contributed by atoms with van der Waals surface area (Å²) in [6.45, 7) is 1.82. The fraction of sp³-hybridized carbons (Fsp3) is 0.368. The average Bonchev–Trinajstić information content (AvgIpc) is 2.51. The predicted molar refractivity (Wildman–Crippen MR) is 85.1 cm³/mol. The number of hydrogen-bond donors (Lipinski definition) is 1. The van der Waals surface area contributed by atoms with Crippen molar-refractivity contribution in [1.82, 2.24) is 5.32 Å². The Kier molecular flexibility index (Phi) is 4.07. The molecule has 3 rings (SSSR count). The molecular formula is C19H22FN. The molecule has 1 aliphatic carbocycles. The molecule has 1 N–H and O–H groups in total. The van der Waals surface area contributed by atoms with Crippen LogP contribution >= 0.6 is 0 Å². The fourth-order valence-corrected chi connectivity index (χ4v) is 3.31. The van der Waals surface area contributed by atoms with Crippen LogP contribution in [-0.2, 0) is 12.8 Å². The Balaban J connectivity index is 1.97. The zero-order valence-corrected chi connectivity index (χ0v) is 12.7. The summed E-state index contributed by atoms with van der Waals surface area (Å²) >= 11 is 0. The van der Waals surface area contributed by atoms with Crippen LogP contribution in [0.3, 0.4) is 0 Å². The molecule has 1 atom stereocenters. The highest BCUT2D eigenvalue weighted by molar-refractivity contribution is 5.40. The summed E-state index contributed by atoms with van der Waals surface area (Å²) in [5.41, 5.74) is 6.06. The molecule has 1 aliphatic rings. The Morgan fingerprint density at radius 3 is 2.33 bits per heavy atom. The van der Waals surface area contributed by atoms with Crippen molar-refractivity contribution in [1.29, 1.82) is 0 Å². The van der Waals surface area contributed by atoms with Crippen LogP contribution in [0.1, 0.15) is 46.7 Å². The van der Waals surface area contributed by atoms with Gasteiger partial charge in [0.2, 0.25) is 0 Å². The monoisotopic (exact) mass is 283 g/mol. The highest BCUT2D eigenvalue weighted by Gasteiger charge is 2.16. The summed E-state index contributed by atoms with van der Waals surface area (Å²) in [6, 6.07) is 12.3. The number of aryl methyl sites for hydroxylation is 3. The second-order valence-electron chi connectivity index (χ2n) is 5.97. The van der Waals surface area contributed by atoms with Gasteiger partial charge in [0.25, 0.3) is 0 Å². The van der Waals surface area contributed by atoms with Crippen LogP contribution in [0.2, 0.25) is 0 Å². The average molecular weight is 283 g/mol. The molecule has 2 aromatic rings. The first-order valence-electron chi connectivity index (χ1n) is 7.74. The van der Waals surface area contributed by atoms with Crippen molar-refractivity contribution in [2.24, 2.45) is 0 Å². The van der Waals surface area contributed by atoms with E-state index >= 15 is 0 Å². The van der Waals surface area contributed by atoms with Crippen LogP contribution in [0.4, 0.5) is 4.39 Å². The van der Waals surface area contributed by atoms with E-state index < -0.39 is 0 Å². The molecular weight excluding hydrogens is 261 g/mol. The van der Waals surface area contributed by atoms with E-state index in [0.29, 0.717) is 5.56 Å². The van der Waals surface area contributed by atoms with Gasteiger partial charge in [-0.15, -0.1) is 0 Å². The van der Waals surface area contributed by atoms with Crippen LogP contribution in [0.15, 0.2) is 36.4 Å². The summed E-state index contributed by atoms with van der Waals surface area (Å²) in [6.07, 6.45) is 4.98. The highest BCUT2D eigenvalue weighted by Crippen LogP contribution is 2.28. The van der Waals surface area contributed by atoms with E-state index in [4.69, 9.17) is 0 Å². The van der Waals surface area contributed by atoms with E-state index in [2.05, 4.69) is 23.5 Å². The van der Waals surface area contributed by atoms with Crippen molar-refractivity contribution in [3.8, 4) is 0 Å². The van der Waals surface area contributed by atoms with Gasteiger partial charge in [0.05, 0.1) is 6.04 Å². The van der Waals surface area contributed by atoms with Gasteiger partial charge in [0, 0.05) is 0 Å². The van der Waals surface area contributed by atoms with E-state index in [9.17, 15) is 4.39 Å². The second-order valence-corrected chi connectivity index (χ2v) is 5.97. The SMILES string of the molecule is CNC(c1ccc(F)c(C)c1)c1ccc2c(c1)CCCC2. The molecule has 0 amide bonds. The summed E-state index contributed by atoms with van der Waals surface area (Å²) in [5, 5.41) is 3.37. The topological polar surface area (TPSA) is 12.0 Å². The molecule has 1 nitrogen and oxygen atoms in total. The van der Waals surface area contributed by atoms with Crippen LogP contribution in [0.25, 0.3) is 0 Å². The lowest BCUT2D eigenvalue weighted by molar-refractivity contribution is 0.613. The minimum absolute atomic E-state index is 0.122. The normalized spacial score (nSPS) is 15.6. The summed E-state index contributed by atoms with van der Waals surface area (Å²) < 4.78 is 13.5. The zero-order chi connectivity index (χ0) is 14.8. The molecule has 2 heteroatoms. The van der Waals surface area contributed by atoms with Gasteiger partial charge in [-0.3, -0.25) is 0 Å². The molecule has 0 spiro atoms. The molecule has 110 valence electrons. The largest absolute Gasteiger partial charge is 0.309 e. The summed E-state index contributed by atoms with van der Waals surface area (Å²) in [5.74, 6) is -0.140. The van der Waals surface area contributed by atoms with Gasteiger partial charge < -0.3 is 5.32 Å². The predicted octanol–water partition coefficient (Wildman–Crippen LogP) is 4.32. The Hall–Kier alpha value is -1.67. The molecule has 0 fully saturated rings. The van der Waals surface area contributed by atoms with Crippen molar-refractivity contribution in [2.45, 2.75) is 38.6 Å². The zero-order valence-electron chi connectivity index (χ0n) is 12.7. The van der Waals surface area contributed by atoms with Crippen molar-refractivity contribution < 1.29 is 4.39 Å². The lowest BCUT2D eigenvalue weighted by Crippen LogP contribution is -2.18. The number of rotatable bonds is 3. The third kappa shape index (κ3) is 2.86. The van der Waals surface area contributed by atoms with Crippen molar-refractivity contribution in [2.75, 3.05) is 7.05 Å². The molecule has 21 heavy (non-hydrogen) atoms. The third-order valence-corrected chi connectivity index (χ3v) is 4.51. The lowest BCUT2D eigenvalue weighted by atomic mass is 9.87. The Bertz CT molecular complexity index is 648. The number of hydrogen-bond acceptors (Lipinski definition) is 1. The maximum atomic E-state index is 13.5. The summed E-state index contributed by atoms with van der Waals surface area (Å²) in [7, 11) is 1.96. The van der Waals surface area contributed by atoms with E-state index in [1.807, 2.05) is 26.1 Å². The van der Waals surface area contributed by atoms with Crippen LogP contribution in [0.5, 0.6) is 0 Å². The van der Waals surface area contributed by atoms with Gasteiger partial charge >= 0.3 is 0 Å². The van der Waals surface area contributed by atoms with Gasteiger partial charge in [-0.1, -0.05) is 30.3 Å². The van der Waals surface area contributed by atoms with Gasteiger partial charge in [-0.05, 0) is 73.5 Å². The quantitative estimate of drug-likeness (QED) is 0.884. The minimum atomic E-state index is -0.140. The molecule has 0 saturated heterocycles. The van der Waals surface area contributed by atoms with Crippen molar-refractivity contribution in [3.05, 3.63) is 70.0 Å². The number of benzene rings is 2. The van der Waals surface area contributed by atoms with E-state index in [1.165, 1.54) is 42.4 Å². The first-order chi connectivity index (χ1) is 10.2. The maximum absolute atomic E-state index is 13.5. The molecule has 0 aromatic heterocycles. The van der Waals surface area contributed by atoms with Gasteiger partial charge in [0.15, 0.2) is 0 Å². The van der Waals surface area contributed by atoms with Crippen LogP contribution in [0, 0.1) is 12.7 Å². The standard InChI is InChI=1S/C19H22FN/c1-13-11-16(9-10-18(13)20)19(21-2)17-8-7-14-5-3-4-6-15(14)12-17/h7-12,19,21H,3-6H2,1-2H3. The highest BCUT2D eigenvalue weighted by atomic mass is 19.1. The summed E-state index contributed by atoms with van der Waals surface area (Å²) in [4.78, 5) is 0. The Morgan fingerprint density at radius 1 is 0.952 bits per heavy atom. The van der Waals surface area contributed by atoms with E-state index in [0.717, 1.165) is 5.56 Å². The fourth-order valence-electron chi connectivity index (χ4n) is 3.31. The smallest absolute Gasteiger partial charge is 0.126 e. The first-order valence-corrected chi connectivity index (χ1v) is 7.74. The number of halogens is 1. The number of fused-ring (bicyclic) bond motifs is 1. The molecule has 2 aromatic carbocycles. The van der Waals surface area contributed by atoms with Crippen LogP contribution < -0.4 is 5.32 Å². The Labute approximate surface area is 126 Å². The van der Waals surface area contributed by atoms with Crippen molar-refractivity contribution in [3.63, 3.8) is 0 Å². The van der Waals surface area contributed by atoms with Gasteiger partial charge in [-0.2, -0.15) is 0 Å². The minimum Gasteiger partial charge on any atom is -0.309 e. The Morgan fingerprint density at radius 2 is 1.62 bits per heavy atom. The van der Waals surface area contributed by atoms with E-state index in [-0.39, 0.29) is 11.9 Å². The van der Waals surface area contributed by atoms with Gasteiger partial charge in [-0.25, -0.2) is 4.39 Å². The molecule has 1 unspecified atom stereocenters. The number of nitrogens with one attached hydrogen (secondary N) is 1.